The molecule has 1 N–H and O–H groups in total. The molecule has 0 saturated heterocycles. The molecule has 1 nitrogen and oxygen atoms in total. The second-order valence-corrected chi connectivity index (χ2v) is 16.8. The number of allylic oxidation sites excluding steroid dienone is 3. The molecule has 4 aliphatic carbocycles. The Hall–Kier alpha value is -0.0200. The lowest BCUT2D eigenvalue weighted by Crippen LogP contribution is -2.50. The highest BCUT2D eigenvalue weighted by Crippen LogP contribution is 2.67. The molecule has 0 aliphatic heterocycles. The maximum atomic E-state index is 9.37. The molecule has 0 bridgehead atoms. The van der Waals surface area contributed by atoms with Crippen molar-refractivity contribution in [2.75, 3.05) is 5.75 Å². The summed E-state index contributed by atoms with van der Waals surface area (Å²) in [7, 11) is 4.02. The van der Waals surface area contributed by atoms with Gasteiger partial charge in [0.2, 0.25) is 0 Å². The van der Waals surface area contributed by atoms with Gasteiger partial charge in [-0.25, -0.2) is 0 Å². The molecule has 0 aromatic rings. The number of aliphatic hydroxyl groups excluding tert-OH is 1. The zero-order valence-electron chi connectivity index (χ0n) is 24.4. The Kier molecular flexibility index (Phi) is 9.67. The predicted octanol–water partition coefficient (Wildman–Crippen LogP) is 10.9. The van der Waals surface area contributed by atoms with E-state index >= 15 is 0 Å². The summed E-state index contributed by atoms with van der Waals surface area (Å²) >= 11 is 0. The molecule has 4 rings (SSSR count). The summed E-state index contributed by atoms with van der Waals surface area (Å²) in [6.45, 7) is 18.9. The second kappa shape index (κ2) is 12.0. The maximum Gasteiger partial charge on any atom is 0.0859 e. The first-order valence-corrected chi connectivity index (χ1v) is 17.8. The Bertz CT molecular complexity index is 789. The van der Waals surface area contributed by atoms with Crippen molar-refractivity contribution in [2.45, 2.75) is 124 Å². The first-order valence-electron chi connectivity index (χ1n) is 15.4. The van der Waals surface area contributed by atoms with Crippen LogP contribution in [0.2, 0.25) is 0 Å². The number of rotatable bonds is 11. The largest absolute Gasteiger partial charge is 0.513 e. The molecule has 206 valence electrons. The predicted molar refractivity (Wildman–Crippen MR) is 162 cm³/mol. The molecule has 3 fully saturated rings. The van der Waals surface area contributed by atoms with Gasteiger partial charge in [-0.3, -0.25) is 0 Å². The van der Waals surface area contributed by atoms with Gasteiger partial charge in [-0.2, -0.15) is 0 Å². The van der Waals surface area contributed by atoms with Crippen molar-refractivity contribution in [1.82, 2.24) is 0 Å². The Morgan fingerprint density at radius 2 is 1.86 bits per heavy atom. The molecule has 0 aromatic heterocycles. The summed E-state index contributed by atoms with van der Waals surface area (Å²) < 4.78 is 0. The maximum absolute atomic E-state index is 9.37. The van der Waals surface area contributed by atoms with Crippen LogP contribution in [0.5, 0.6) is 0 Å². The molecule has 3 heteroatoms. The molecule has 0 spiro atoms. The van der Waals surface area contributed by atoms with Gasteiger partial charge >= 0.3 is 0 Å². The molecule has 36 heavy (non-hydrogen) atoms. The number of fused-ring (bicyclic) bond motifs is 5. The number of hydrogen-bond donors (Lipinski definition) is 1. The van der Waals surface area contributed by atoms with E-state index in [0.717, 1.165) is 58.8 Å². The SMILES string of the molecule is C=C(O)CCSS[C@H]1CC[C@@]2(C)C(=CC[C@H]3[C@@H]4CC[C@H]([C@H](C)CC[C@@H](CC)C(C)C)[C@@]4(C)CC[C@@H]32)C1. The van der Waals surface area contributed by atoms with Gasteiger partial charge in [0.25, 0.3) is 0 Å². The summed E-state index contributed by atoms with van der Waals surface area (Å²) in [6.07, 6.45) is 19.1. The van der Waals surface area contributed by atoms with Crippen molar-refractivity contribution >= 4 is 21.6 Å². The van der Waals surface area contributed by atoms with Crippen molar-refractivity contribution in [3.8, 4) is 0 Å². The minimum Gasteiger partial charge on any atom is -0.513 e. The zero-order valence-corrected chi connectivity index (χ0v) is 26.0. The summed E-state index contributed by atoms with van der Waals surface area (Å²) in [4.78, 5) is 0. The van der Waals surface area contributed by atoms with E-state index in [0.29, 0.717) is 16.6 Å². The van der Waals surface area contributed by atoms with Crippen molar-refractivity contribution in [3.63, 3.8) is 0 Å². The van der Waals surface area contributed by atoms with Gasteiger partial charge in [-0.1, -0.05) is 94.2 Å². The first kappa shape index (κ1) is 29.0. The first-order chi connectivity index (χ1) is 17.1. The second-order valence-electron chi connectivity index (χ2n) is 14.1. The van der Waals surface area contributed by atoms with Crippen LogP contribution in [-0.4, -0.2) is 16.1 Å². The molecular formula is C33H56OS2. The normalized spacial score (nSPS) is 39.6. The lowest BCUT2D eigenvalue weighted by atomic mass is 9.47. The van der Waals surface area contributed by atoms with Crippen LogP contribution in [0.25, 0.3) is 0 Å². The molecule has 0 aromatic carbocycles. The number of aliphatic hydroxyl groups is 1. The van der Waals surface area contributed by atoms with Crippen LogP contribution in [0, 0.1) is 52.3 Å². The van der Waals surface area contributed by atoms with Gasteiger partial charge in [0.15, 0.2) is 0 Å². The monoisotopic (exact) mass is 532 g/mol. The van der Waals surface area contributed by atoms with Crippen molar-refractivity contribution in [2.24, 2.45) is 52.3 Å². The van der Waals surface area contributed by atoms with E-state index in [-0.39, 0.29) is 0 Å². The van der Waals surface area contributed by atoms with E-state index in [1.807, 2.05) is 16.4 Å². The molecule has 3 saturated carbocycles. The quantitative estimate of drug-likeness (QED) is 0.124. The third-order valence-corrected chi connectivity index (χ3v) is 14.9. The van der Waals surface area contributed by atoms with Crippen molar-refractivity contribution in [3.05, 3.63) is 24.0 Å². The minimum absolute atomic E-state index is 0.328. The Labute approximate surface area is 231 Å². The smallest absolute Gasteiger partial charge is 0.0859 e. The molecule has 4 aliphatic rings. The topological polar surface area (TPSA) is 20.2 Å². The summed E-state index contributed by atoms with van der Waals surface area (Å²) in [5.74, 6) is 7.71. The van der Waals surface area contributed by atoms with Crippen LogP contribution in [0.3, 0.4) is 0 Å². The van der Waals surface area contributed by atoms with Crippen LogP contribution in [0.4, 0.5) is 0 Å². The van der Waals surface area contributed by atoms with Gasteiger partial charge in [0.1, 0.15) is 0 Å². The fraction of sp³-hybridized carbons (Fsp3) is 0.879. The van der Waals surface area contributed by atoms with Gasteiger partial charge in [0, 0.05) is 17.4 Å². The van der Waals surface area contributed by atoms with E-state index in [1.165, 1.54) is 70.6 Å². The van der Waals surface area contributed by atoms with Crippen molar-refractivity contribution in [1.29, 1.82) is 0 Å². The molecule has 0 unspecified atom stereocenters. The summed E-state index contributed by atoms with van der Waals surface area (Å²) in [6, 6.07) is 0. The average Bonchev–Trinajstić information content (AvgIpc) is 3.19. The summed E-state index contributed by atoms with van der Waals surface area (Å²) in [5, 5.41) is 10.1. The fourth-order valence-corrected chi connectivity index (χ4v) is 12.4. The Balaban J connectivity index is 1.38. The third-order valence-electron chi connectivity index (χ3n) is 12.0. The highest BCUT2D eigenvalue weighted by atomic mass is 33.1. The standard InChI is InChI=1S/C33H56OS2/c1-8-25(22(2)3)10-9-23(4)29-13-14-30-28-12-11-26-21-27(36-35-20-17-24(5)34)15-18-32(26,6)31(28)16-19-33(29,30)7/h11,22-23,25,27-31,34H,5,8-10,12-21H2,1-4,6-7H3/t23-,25-,27+,28+,29-,30+,31+,32+,33-/m1/s1. The van der Waals surface area contributed by atoms with E-state index in [1.54, 1.807) is 0 Å². The van der Waals surface area contributed by atoms with Gasteiger partial charge in [-0.05, 0) is 110 Å². The molecule has 9 atom stereocenters. The van der Waals surface area contributed by atoms with Crippen LogP contribution in [0.1, 0.15) is 119 Å². The van der Waals surface area contributed by atoms with E-state index < -0.39 is 0 Å². The molecule has 0 radical (unpaired) electrons. The van der Waals surface area contributed by atoms with Crippen LogP contribution < -0.4 is 0 Å². The van der Waals surface area contributed by atoms with Crippen LogP contribution in [-0.2, 0) is 0 Å². The third kappa shape index (κ3) is 5.78. The van der Waals surface area contributed by atoms with E-state index in [2.05, 4.69) is 65.0 Å². The van der Waals surface area contributed by atoms with Crippen LogP contribution >= 0.6 is 21.6 Å². The summed E-state index contributed by atoms with van der Waals surface area (Å²) in [5.41, 5.74) is 2.86. The van der Waals surface area contributed by atoms with Crippen molar-refractivity contribution < 1.29 is 5.11 Å². The lowest BCUT2D eigenvalue weighted by Gasteiger charge is -2.58. The van der Waals surface area contributed by atoms with E-state index in [4.69, 9.17) is 0 Å². The molecule has 0 heterocycles. The average molecular weight is 533 g/mol. The Morgan fingerprint density at radius 1 is 1.08 bits per heavy atom. The fourth-order valence-electron chi connectivity index (χ4n) is 9.68. The van der Waals surface area contributed by atoms with E-state index in [9.17, 15) is 5.11 Å². The Morgan fingerprint density at radius 3 is 2.56 bits per heavy atom. The van der Waals surface area contributed by atoms with Crippen LogP contribution in [0.15, 0.2) is 24.0 Å². The van der Waals surface area contributed by atoms with Gasteiger partial charge < -0.3 is 5.11 Å². The highest BCUT2D eigenvalue weighted by Gasteiger charge is 2.59. The van der Waals surface area contributed by atoms with Gasteiger partial charge in [-0.15, -0.1) is 0 Å². The van der Waals surface area contributed by atoms with Gasteiger partial charge in [0.05, 0.1) is 5.76 Å². The zero-order chi connectivity index (χ0) is 26.1. The highest BCUT2D eigenvalue weighted by molar-refractivity contribution is 8.76. The number of hydrogen-bond acceptors (Lipinski definition) is 3. The molecular weight excluding hydrogens is 476 g/mol. The minimum atomic E-state index is 0.328. The lowest BCUT2D eigenvalue weighted by molar-refractivity contribution is -0.0500. The molecule has 0 amide bonds.